The molecule has 0 bridgehead atoms. The molecule has 0 saturated carbocycles. The van der Waals surface area contributed by atoms with Crippen LogP contribution >= 0.6 is 0 Å². The van der Waals surface area contributed by atoms with Crippen molar-refractivity contribution in [2.24, 2.45) is 0 Å². The smallest absolute Gasteiger partial charge is 0.410 e. The minimum absolute atomic E-state index is 0.0545. The molecular formula is C30H25NO4. The highest BCUT2D eigenvalue weighted by molar-refractivity contribution is 5.84. The fraction of sp³-hybridized carbons (Fsp3) is 0.200. The first-order chi connectivity index (χ1) is 17.1. The summed E-state index contributed by atoms with van der Waals surface area (Å²) in [5.74, 6) is -1.11. The number of carbonyl (C=O) groups excluding carboxylic acids is 1. The number of amides is 1. The Balaban J connectivity index is 1.21. The maximum atomic E-state index is 13.2. The van der Waals surface area contributed by atoms with E-state index in [2.05, 4.69) is 42.5 Å². The number of hydrogen-bond donors (Lipinski definition) is 1. The van der Waals surface area contributed by atoms with Gasteiger partial charge in [0.15, 0.2) is 0 Å². The van der Waals surface area contributed by atoms with E-state index in [9.17, 15) is 14.7 Å². The van der Waals surface area contributed by atoms with E-state index in [1.54, 1.807) is 0 Å². The van der Waals surface area contributed by atoms with Crippen molar-refractivity contribution in [1.29, 1.82) is 0 Å². The molecule has 0 unspecified atom stereocenters. The number of fused-ring (bicyclic) bond motifs is 4. The van der Waals surface area contributed by atoms with Crippen LogP contribution in [0.15, 0.2) is 91.0 Å². The van der Waals surface area contributed by atoms with Gasteiger partial charge in [-0.05, 0) is 45.0 Å². The number of carboxylic acid groups (broad SMARTS) is 1. The predicted molar refractivity (Wildman–Crippen MR) is 135 cm³/mol. The molecule has 1 fully saturated rings. The summed E-state index contributed by atoms with van der Waals surface area (Å²) < 4.78 is 5.78. The molecule has 174 valence electrons. The first-order valence-corrected chi connectivity index (χ1v) is 11.9. The number of rotatable bonds is 4. The number of nitrogens with zero attached hydrogens (tertiary/aromatic N) is 1. The lowest BCUT2D eigenvalue weighted by Gasteiger charge is -2.22. The Morgan fingerprint density at radius 3 is 2.14 bits per heavy atom. The summed E-state index contributed by atoms with van der Waals surface area (Å²) in [5, 5.41) is 12.1. The highest BCUT2D eigenvalue weighted by Gasteiger charge is 2.41. The van der Waals surface area contributed by atoms with Crippen LogP contribution in [0.4, 0.5) is 4.79 Å². The predicted octanol–water partition coefficient (Wildman–Crippen LogP) is 6.03. The molecule has 5 nitrogen and oxygen atoms in total. The van der Waals surface area contributed by atoms with Gasteiger partial charge in [-0.1, -0.05) is 91.0 Å². The van der Waals surface area contributed by atoms with Crippen LogP contribution in [0.1, 0.15) is 34.9 Å². The molecule has 1 heterocycles. The summed E-state index contributed by atoms with van der Waals surface area (Å²) in [6.07, 6.45) is -0.194. The van der Waals surface area contributed by atoms with Crippen molar-refractivity contribution in [3.8, 4) is 11.1 Å². The molecule has 0 spiro atoms. The molecule has 2 aliphatic rings. The Hall–Kier alpha value is -4.12. The minimum Gasteiger partial charge on any atom is -0.480 e. The largest absolute Gasteiger partial charge is 0.480 e. The van der Waals surface area contributed by atoms with Crippen LogP contribution in [0.2, 0.25) is 0 Å². The summed E-state index contributed by atoms with van der Waals surface area (Å²) in [6.45, 7) is 0.502. The number of hydrogen-bond acceptors (Lipinski definition) is 3. The van der Waals surface area contributed by atoms with E-state index in [4.69, 9.17) is 4.74 Å². The highest BCUT2D eigenvalue weighted by atomic mass is 16.6. The fourth-order valence-electron chi connectivity index (χ4n) is 5.65. The van der Waals surface area contributed by atoms with E-state index >= 15 is 0 Å². The average molecular weight is 464 g/mol. The zero-order chi connectivity index (χ0) is 23.9. The first kappa shape index (κ1) is 21.4. The standard InChI is InChI=1S/C30H25NO4/c32-29(33)28-16-22(21-14-13-19-7-1-2-8-20(19)15-21)17-31(28)30(34)35-18-27-25-11-5-3-9-23(25)24-10-4-6-12-26(24)27/h1-15,22,27-28H,16-18H2,(H,32,33)/t22-,28-/m0/s1. The topological polar surface area (TPSA) is 66.8 Å². The Bertz CT molecular complexity index is 1400. The van der Waals surface area contributed by atoms with E-state index in [-0.39, 0.29) is 18.4 Å². The quantitative estimate of drug-likeness (QED) is 0.401. The molecule has 1 aliphatic carbocycles. The van der Waals surface area contributed by atoms with E-state index in [1.165, 1.54) is 4.90 Å². The van der Waals surface area contributed by atoms with Crippen molar-refractivity contribution in [3.63, 3.8) is 0 Å². The highest BCUT2D eigenvalue weighted by Crippen LogP contribution is 2.44. The van der Waals surface area contributed by atoms with Crippen LogP contribution < -0.4 is 0 Å². The lowest BCUT2D eigenvalue weighted by Crippen LogP contribution is -2.41. The molecule has 0 aromatic heterocycles. The molecule has 1 amide bonds. The van der Waals surface area contributed by atoms with Gasteiger partial charge in [-0.15, -0.1) is 0 Å². The Morgan fingerprint density at radius 2 is 1.46 bits per heavy atom. The third-order valence-electron chi connectivity index (χ3n) is 7.40. The van der Waals surface area contributed by atoms with Crippen molar-refractivity contribution in [1.82, 2.24) is 4.90 Å². The summed E-state index contributed by atoms with van der Waals surface area (Å²) in [5.41, 5.74) is 5.62. The van der Waals surface area contributed by atoms with Crippen LogP contribution in [-0.4, -0.2) is 41.3 Å². The van der Waals surface area contributed by atoms with Crippen LogP contribution in [0.5, 0.6) is 0 Å². The maximum absolute atomic E-state index is 13.2. The molecule has 0 radical (unpaired) electrons. The van der Waals surface area contributed by atoms with E-state index in [1.807, 2.05) is 48.5 Å². The van der Waals surface area contributed by atoms with Gasteiger partial charge in [0, 0.05) is 18.4 Å². The van der Waals surface area contributed by atoms with Gasteiger partial charge in [-0.25, -0.2) is 9.59 Å². The Kier molecular flexibility index (Phi) is 5.25. The number of benzene rings is 4. The first-order valence-electron chi connectivity index (χ1n) is 11.9. The maximum Gasteiger partial charge on any atom is 0.410 e. The normalized spacial score (nSPS) is 18.9. The van der Waals surface area contributed by atoms with Gasteiger partial charge in [-0.2, -0.15) is 0 Å². The summed E-state index contributed by atoms with van der Waals surface area (Å²) in [6, 6.07) is 29.7. The molecule has 5 heteroatoms. The van der Waals surface area contributed by atoms with Crippen LogP contribution in [0.3, 0.4) is 0 Å². The van der Waals surface area contributed by atoms with E-state index in [0.717, 1.165) is 38.6 Å². The second kappa shape index (κ2) is 8.58. The Morgan fingerprint density at radius 1 is 0.829 bits per heavy atom. The fourth-order valence-corrected chi connectivity index (χ4v) is 5.65. The van der Waals surface area contributed by atoms with Gasteiger partial charge in [0.1, 0.15) is 12.6 Å². The van der Waals surface area contributed by atoms with Gasteiger partial charge in [0.2, 0.25) is 0 Å². The van der Waals surface area contributed by atoms with Crippen molar-refractivity contribution in [3.05, 3.63) is 108 Å². The lowest BCUT2D eigenvalue weighted by atomic mass is 9.94. The monoisotopic (exact) mass is 463 g/mol. The van der Waals surface area contributed by atoms with Gasteiger partial charge < -0.3 is 9.84 Å². The zero-order valence-corrected chi connectivity index (χ0v) is 19.1. The second-order valence-corrected chi connectivity index (χ2v) is 9.35. The molecule has 4 aromatic carbocycles. The molecule has 35 heavy (non-hydrogen) atoms. The number of carboxylic acids is 1. The van der Waals surface area contributed by atoms with Crippen molar-refractivity contribution >= 4 is 22.8 Å². The lowest BCUT2D eigenvalue weighted by molar-refractivity contribution is -0.141. The third-order valence-corrected chi connectivity index (χ3v) is 7.40. The van der Waals surface area contributed by atoms with Crippen molar-refractivity contribution in [2.45, 2.75) is 24.3 Å². The third kappa shape index (κ3) is 3.73. The van der Waals surface area contributed by atoms with Crippen molar-refractivity contribution < 1.29 is 19.4 Å². The molecule has 1 saturated heterocycles. The van der Waals surface area contributed by atoms with Crippen LogP contribution in [0, 0.1) is 0 Å². The average Bonchev–Trinajstić information content (AvgIpc) is 3.48. The van der Waals surface area contributed by atoms with Gasteiger partial charge in [-0.3, -0.25) is 4.90 Å². The number of likely N-dealkylation sites (tertiary alicyclic amines) is 1. The van der Waals surface area contributed by atoms with Crippen molar-refractivity contribution in [2.75, 3.05) is 13.2 Å². The van der Waals surface area contributed by atoms with Gasteiger partial charge in [0.05, 0.1) is 0 Å². The molecule has 1 aliphatic heterocycles. The molecule has 4 aromatic rings. The summed E-state index contributed by atoms with van der Waals surface area (Å²) in [7, 11) is 0. The SMILES string of the molecule is O=C(O)[C@@H]1C[C@H](c2ccc3ccccc3c2)CN1C(=O)OCC1c2ccccc2-c2ccccc21. The van der Waals surface area contributed by atoms with Crippen LogP contribution in [0.25, 0.3) is 21.9 Å². The van der Waals surface area contributed by atoms with Crippen LogP contribution in [-0.2, 0) is 9.53 Å². The molecule has 6 rings (SSSR count). The minimum atomic E-state index is -0.998. The summed E-state index contributed by atoms with van der Waals surface area (Å²) >= 11 is 0. The summed E-state index contributed by atoms with van der Waals surface area (Å²) in [4.78, 5) is 26.6. The number of carbonyl (C=O) groups is 2. The van der Waals surface area contributed by atoms with E-state index < -0.39 is 18.1 Å². The van der Waals surface area contributed by atoms with Gasteiger partial charge in [0.25, 0.3) is 0 Å². The second-order valence-electron chi connectivity index (χ2n) is 9.35. The number of ether oxygens (including phenoxy) is 1. The number of aliphatic carboxylic acids is 1. The molecule has 2 atom stereocenters. The van der Waals surface area contributed by atoms with E-state index in [0.29, 0.717) is 13.0 Å². The Labute approximate surface area is 203 Å². The molecule has 1 N–H and O–H groups in total. The van der Waals surface area contributed by atoms with Gasteiger partial charge >= 0.3 is 12.1 Å². The zero-order valence-electron chi connectivity index (χ0n) is 19.1. The molecular weight excluding hydrogens is 438 g/mol.